The topological polar surface area (TPSA) is 298 Å². The number of carbonyl (C=O) groups excluding carboxylic acids is 2. The number of ether oxygens (including phenoxy) is 5. The van der Waals surface area contributed by atoms with Crippen LogP contribution in [0.3, 0.4) is 0 Å². The summed E-state index contributed by atoms with van der Waals surface area (Å²) in [6, 6.07) is 12.6. The normalized spacial score (nSPS) is 18.4. The zero-order chi connectivity index (χ0) is 44.6. The second-order valence-corrected chi connectivity index (χ2v) is 15.0. The molecule has 1 aliphatic carbocycles. The second-order valence-electron chi connectivity index (χ2n) is 15.0. The summed E-state index contributed by atoms with van der Waals surface area (Å²) in [4.78, 5) is 68.9. The number of nitrogens with zero attached hydrogens (tertiary/aromatic N) is 3. The van der Waals surface area contributed by atoms with Gasteiger partial charge in [-0.3, -0.25) is 19.3 Å². The quantitative estimate of drug-likeness (QED) is 0.0478. The SMILES string of the molecule is CCCC(C#N)CCC(c1ccc(OC)c(OC(OC(=O)CC(O)(CC(=O)O)C(=O)O)C(=O)NC2(C)CCCCC2O[N+](=O)[O-])c1)N(C)CCc1ccc(OC)c(OC)c1.O. The lowest BCUT2D eigenvalue weighted by molar-refractivity contribution is -0.771. The van der Waals surface area contributed by atoms with Gasteiger partial charge in [0.05, 0.1) is 45.8 Å². The fourth-order valence-electron chi connectivity index (χ4n) is 7.28. The molecule has 1 aliphatic rings. The van der Waals surface area contributed by atoms with Crippen molar-refractivity contribution in [3.8, 4) is 29.1 Å². The summed E-state index contributed by atoms with van der Waals surface area (Å²) >= 11 is 0. The molecule has 0 saturated heterocycles. The third-order valence-corrected chi connectivity index (χ3v) is 10.6. The first-order valence-electron chi connectivity index (χ1n) is 19.6. The molecule has 0 bridgehead atoms. The molecule has 2 aromatic rings. The highest BCUT2D eigenvalue weighted by molar-refractivity contribution is 5.90. The minimum absolute atomic E-state index is 0. The van der Waals surface area contributed by atoms with E-state index < -0.39 is 65.3 Å². The Morgan fingerprint density at radius 1 is 1.00 bits per heavy atom. The van der Waals surface area contributed by atoms with Crippen LogP contribution in [0.1, 0.15) is 95.2 Å². The molecule has 0 spiro atoms. The number of benzene rings is 2. The number of methoxy groups -OCH3 is 3. The van der Waals surface area contributed by atoms with Crippen molar-refractivity contribution < 1.29 is 73.6 Å². The lowest BCUT2D eigenvalue weighted by Gasteiger charge is -2.40. The number of aliphatic carboxylic acids is 2. The number of likely N-dealkylation sites (N-methyl/N-ethyl adjacent to an activating group) is 1. The van der Waals surface area contributed by atoms with E-state index in [2.05, 4.69) is 16.3 Å². The lowest BCUT2D eigenvalue weighted by atomic mass is 9.80. The summed E-state index contributed by atoms with van der Waals surface area (Å²) in [5.74, 6) is -5.42. The molecular formula is C41H58N4O16. The van der Waals surface area contributed by atoms with E-state index in [9.17, 15) is 49.9 Å². The van der Waals surface area contributed by atoms with Gasteiger partial charge in [-0.15, -0.1) is 10.1 Å². The summed E-state index contributed by atoms with van der Waals surface area (Å²) in [6.45, 7) is 4.07. The van der Waals surface area contributed by atoms with Gasteiger partial charge in [-0.25, -0.2) is 4.79 Å². The van der Waals surface area contributed by atoms with Crippen LogP contribution in [-0.4, -0.2) is 113 Å². The fraction of sp³-hybridized carbons (Fsp3) is 0.585. The molecule has 0 aliphatic heterocycles. The predicted octanol–water partition coefficient (Wildman–Crippen LogP) is 3.78. The zero-order valence-corrected chi connectivity index (χ0v) is 35.3. The van der Waals surface area contributed by atoms with Gasteiger partial charge in [-0.1, -0.05) is 38.3 Å². The average molecular weight is 863 g/mol. The maximum Gasteiger partial charge on any atom is 0.336 e. The highest BCUT2D eigenvalue weighted by Crippen LogP contribution is 2.37. The van der Waals surface area contributed by atoms with E-state index in [0.29, 0.717) is 62.1 Å². The minimum atomic E-state index is -3.10. The Bertz CT molecular complexity index is 1860. The summed E-state index contributed by atoms with van der Waals surface area (Å²) in [5.41, 5.74) is -2.82. The molecule has 20 heteroatoms. The van der Waals surface area contributed by atoms with Crippen LogP contribution in [0.15, 0.2) is 36.4 Å². The molecule has 0 heterocycles. The molecule has 20 nitrogen and oxygen atoms in total. The van der Waals surface area contributed by atoms with Gasteiger partial charge in [-0.05, 0) is 87.9 Å². The van der Waals surface area contributed by atoms with Gasteiger partial charge in [0.15, 0.2) is 28.6 Å². The Hall–Kier alpha value is -5.91. The van der Waals surface area contributed by atoms with Crippen molar-refractivity contribution in [2.24, 2.45) is 5.92 Å². The van der Waals surface area contributed by atoms with Gasteiger partial charge in [0.1, 0.15) is 6.10 Å². The number of aliphatic hydroxyl groups is 1. The number of nitriles is 1. The lowest BCUT2D eigenvalue weighted by Crippen LogP contribution is -2.60. The van der Waals surface area contributed by atoms with Crippen LogP contribution in [0.5, 0.6) is 23.0 Å². The molecule has 338 valence electrons. The largest absolute Gasteiger partial charge is 0.493 e. The number of amides is 1. The van der Waals surface area contributed by atoms with Gasteiger partial charge in [0, 0.05) is 18.5 Å². The average Bonchev–Trinajstić information content (AvgIpc) is 3.19. The Morgan fingerprint density at radius 2 is 1.66 bits per heavy atom. The van der Waals surface area contributed by atoms with Crippen LogP contribution >= 0.6 is 0 Å². The van der Waals surface area contributed by atoms with Gasteiger partial charge in [-0.2, -0.15) is 5.26 Å². The number of hydrogen-bond donors (Lipinski definition) is 4. The molecule has 0 aromatic heterocycles. The van der Waals surface area contributed by atoms with E-state index in [1.165, 1.54) is 14.0 Å². The Balaban J connectivity index is 0.0000128. The monoisotopic (exact) mass is 862 g/mol. The van der Waals surface area contributed by atoms with Crippen LogP contribution in [0.2, 0.25) is 0 Å². The summed E-state index contributed by atoms with van der Waals surface area (Å²) in [7, 11) is 6.36. The molecule has 6 N–H and O–H groups in total. The Kier molecular flexibility index (Phi) is 20.0. The predicted molar refractivity (Wildman–Crippen MR) is 215 cm³/mol. The van der Waals surface area contributed by atoms with Crippen LogP contribution in [0.25, 0.3) is 0 Å². The number of carboxylic acid groups (broad SMARTS) is 2. The molecule has 1 amide bonds. The van der Waals surface area contributed by atoms with E-state index in [-0.39, 0.29) is 41.8 Å². The van der Waals surface area contributed by atoms with Crippen molar-refractivity contribution in [1.29, 1.82) is 5.26 Å². The summed E-state index contributed by atoms with van der Waals surface area (Å²) in [6.07, 6.45) is -1.28. The first-order chi connectivity index (χ1) is 28.4. The highest BCUT2D eigenvalue weighted by atomic mass is 17.0. The number of esters is 1. The highest BCUT2D eigenvalue weighted by Gasteiger charge is 2.45. The van der Waals surface area contributed by atoms with E-state index in [4.69, 9.17) is 28.5 Å². The van der Waals surface area contributed by atoms with E-state index >= 15 is 0 Å². The van der Waals surface area contributed by atoms with Crippen molar-refractivity contribution in [1.82, 2.24) is 10.2 Å². The first-order valence-corrected chi connectivity index (χ1v) is 19.6. The number of rotatable bonds is 25. The molecule has 61 heavy (non-hydrogen) atoms. The van der Waals surface area contributed by atoms with Crippen LogP contribution in [0, 0.1) is 27.4 Å². The molecule has 1 fully saturated rings. The van der Waals surface area contributed by atoms with Crippen LogP contribution in [-0.2, 0) is 35.2 Å². The third-order valence-electron chi connectivity index (χ3n) is 10.6. The standard InChI is InChI=1S/C41H56N4O15.H2O/c1-7-10-27(25-42)12-15-29(44(3)20-18-26-13-16-30(55-4)32(21-26)57-6)28-14-17-31(56-5)33(22-28)58-38(59-36(48)24-41(52,39(50)51)23-35(46)47)37(49)43-40(2)19-9-8-11-34(40)60-45(53)54;/h13-14,16-17,21-22,27,29,34,38,52H,7-12,15,18-20,23-24H2,1-6H3,(H,43,49)(H,46,47)(H,50,51);1H2. The number of carboxylic acids is 2. The van der Waals surface area contributed by atoms with Gasteiger partial charge in [0.2, 0.25) is 0 Å². The van der Waals surface area contributed by atoms with Gasteiger partial charge in [0.25, 0.3) is 5.09 Å². The third kappa shape index (κ3) is 14.7. The van der Waals surface area contributed by atoms with Crippen molar-refractivity contribution >= 4 is 23.8 Å². The van der Waals surface area contributed by atoms with Gasteiger partial charge >= 0.3 is 30.1 Å². The number of nitrogens with one attached hydrogen (secondary N) is 1. The Labute approximate surface area is 354 Å². The zero-order valence-electron chi connectivity index (χ0n) is 35.3. The van der Waals surface area contributed by atoms with Gasteiger partial charge < -0.3 is 54.6 Å². The summed E-state index contributed by atoms with van der Waals surface area (Å²) < 4.78 is 27.8. The minimum Gasteiger partial charge on any atom is -0.493 e. The smallest absolute Gasteiger partial charge is 0.336 e. The molecule has 0 radical (unpaired) electrons. The van der Waals surface area contributed by atoms with Crippen LogP contribution in [0.4, 0.5) is 0 Å². The van der Waals surface area contributed by atoms with Crippen molar-refractivity contribution in [2.75, 3.05) is 34.9 Å². The molecule has 6 unspecified atom stereocenters. The number of hydrogen-bond acceptors (Lipinski definition) is 15. The molecular weight excluding hydrogens is 804 g/mol. The maximum absolute atomic E-state index is 14.1. The molecule has 6 atom stereocenters. The van der Waals surface area contributed by atoms with Crippen molar-refractivity contribution in [3.05, 3.63) is 57.6 Å². The van der Waals surface area contributed by atoms with E-state index in [1.807, 2.05) is 32.2 Å². The second kappa shape index (κ2) is 23.8. The van der Waals surface area contributed by atoms with E-state index in [0.717, 1.165) is 12.0 Å². The number of carbonyl (C=O) groups is 4. The molecule has 1 saturated carbocycles. The van der Waals surface area contributed by atoms with Crippen molar-refractivity contribution in [2.45, 2.75) is 114 Å². The maximum atomic E-state index is 14.1. The van der Waals surface area contributed by atoms with Crippen molar-refractivity contribution in [3.63, 3.8) is 0 Å². The summed E-state index contributed by atoms with van der Waals surface area (Å²) in [5, 5.41) is 52.3. The molecule has 3 rings (SSSR count). The van der Waals surface area contributed by atoms with E-state index in [1.54, 1.807) is 32.4 Å². The van der Waals surface area contributed by atoms with Crippen LogP contribution < -0.4 is 24.3 Å². The first kappa shape index (κ1) is 51.2. The molecule has 2 aromatic carbocycles. The fourth-order valence-corrected chi connectivity index (χ4v) is 7.28. The Morgan fingerprint density at radius 3 is 2.25 bits per heavy atom.